The van der Waals surface area contributed by atoms with E-state index in [9.17, 15) is 0 Å². The molecule has 0 bridgehead atoms. The number of benzene rings is 1. The quantitative estimate of drug-likeness (QED) is 0.746. The Bertz CT molecular complexity index is 375. The van der Waals surface area contributed by atoms with Gasteiger partial charge >= 0.3 is 6.01 Å². The molecule has 2 rings (SSSR count). The number of nitrogens with one attached hydrogen (secondary N) is 1. The number of para-hydroxylation sites is 1. The van der Waals surface area contributed by atoms with Crippen LogP contribution in [0, 0.1) is 0 Å². The number of hydrogen-bond donors (Lipinski definition) is 1. The largest absolute Gasteiger partial charge is 0.490 e. The topological polar surface area (TPSA) is 60.0 Å². The summed E-state index contributed by atoms with van der Waals surface area (Å²) < 4.78 is 10.6. The molecular weight excluding hydrogens is 194 g/mol. The normalized spacial score (nSPS) is 9.87. The lowest BCUT2D eigenvalue weighted by molar-refractivity contribution is 0.206. The van der Waals surface area contributed by atoms with E-state index < -0.39 is 0 Å². The molecule has 78 valence electrons. The third kappa shape index (κ3) is 2.98. The van der Waals surface area contributed by atoms with Crippen LogP contribution in [0.25, 0.3) is 0 Å². The van der Waals surface area contributed by atoms with Crippen LogP contribution in [0.3, 0.4) is 0 Å². The second-order valence-electron chi connectivity index (χ2n) is 2.80. The number of rotatable bonds is 5. The lowest BCUT2D eigenvalue weighted by Gasteiger charge is -2.05. The molecule has 0 amide bonds. The molecule has 1 heterocycles. The predicted octanol–water partition coefficient (Wildman–Crippen LogP) is 1.26. The first-order valence-corrected chi connectivity index (χ1v) is 4.61. The van der Waals surface area contributed by atoms with Crippen molar-refractivity contribution in [2.45, 2.75) is 0 Å². The SMILES string of the molecule is c1ccc(OCCOc2ncn[nH]2)cc1. The number of hydrogen-bond acceptors (Lipinski definition) is 4. The first-order valence-electron chi connectivity index (χ1n) is 4.61. The van der Waals surface area contributed by atoms with Crippen LogP contribution >= 0.6 is 0 Å². The molecule has 0 spiro atoms. The summed E-state index contributed by atoms with van der Waals surface area (Å²) in [5.74, 6) is 0.832. The van der Waals surface area contributed by atoms with Crippen molar-refractivity contribution in [3.63, 3.8) is 0 Å². The fraction of sp³-hybridized carbons (Fsp3) is 0.200. The van der Waals surface area contributed by atoms with Gasteiger partial charge in [0.15, 0.2) is 0 Å². The summed E-state index contributed by atoms with van der Waals surface area (Å²) in [6.45, 7) is 0.912. The maximum absolute atomic E-state index is 5.42. The molecule has 1 aromatic heterocycles. The van der Waals surface area contributed by atoms with Gasteiger partial charge in [-0.05, 0) is 12.1 Å². The Labute approximate surface area is 87.1 Å². The minimum absolute atomic E-state index is 0.409. The van der Waals surface area contributed by atoms with Gasteiger partial charge in [0.05, 0.1) is 0 Å². The Hall–Kier alpha value is -2.04. The van der Waals surface area contributed by atoms with Crippen molar-refractivity contribution in [1.82, 2.24) is 15.2 Å². The lowest BCUT2D eigenvalue weighted by Crippen LogP contribution is -2.09. The minimum Gasteiger partial charge on any atom is -0.490 e. The molecule has 0 fully saturated rings. The molecule has 2 aromatic rings. The van der Waals surface area contributed by atoms with Gasteiger partial charge in [0.2, 0.25) is 0 Å². The van der Waals surface area contributed by atoms with Crippen LogP contribution in [0.5, 0.6) is 11.8 Å². The Morgan fingerprint density at radius 2 is 1.87 bits per heavy atom. The summed E-state index contributed by atoms with van der Waals surface area (Å²) in [4.78, 5) is 3.82. The molecule has 5 nitrogen and oxygen atoms in total. The molecule has 0 aliphatic rings. The summed E-state index contributed by atoms with van der Waals surface area (Å²) >= 11 is 0. The Morgan fingerprint density at radius 1 is 1.07 bits per heavy atom. The molecule has 1 N–H and O–H groups in total. The van der Waals surface area contributed by atoms with Crippen molar-refractivity contribution in [2.75, 3.05) is 13.2 Å². The highest BCUT2D eigenvalue weighted by Gasteiger charge is 1.95. The van der Waals surface area contributed by atoms with E-state index in [1.165, 1.54) is 6.33 Å². The van der Waals surface area contributed by atoms with Gasteiger partial charge in [0.1, 0.15) is 25.3 Å². The molecule has 1 aromatic carbocycles. The summed E-state index contributed by atoms with van der Waals surface area (Å²) in [6, 6.07) is 9.99. The van der Waals surface area contributed by atoms with Crippen LogP contribution < -0.4 is 9.47 Å². The van der Waals surface area contributed by atoms with Gasteiger partial charge in [-0.3, -0.25) is 0 Å². The fourth-order valence-electron chi connectivity index (χ4n) is 1.08. The molecule has 5 heteroatoms. The van der Waals surface area contributed by atoms with Crippen LogP contribution in [0.2, 0.25) is 0 Å². The second kappa shape index (κ2) is 4.99. The standard InChI is InChI=1S/C10H11N3O2/c1-2-4-9(5-3-1)14-6-7-15-10-11-8-12-13-10/h1-5,8H,6-7H2,(H,11,12,13). The maximum Gasteiger partial charge on any atom is 0.312 e. The fourth-order valence-corrected chi connectivity index (χ4v) is 1.08. The van der Waals surface area contributed by atoms with Crippen LogP contribution in [0.1, 0.15) is 0 Å². The number of aromatic nitrogens is 3. The highest BCUT2D eigenvalue weighted by molar-refractivity contribution is 5.20. The highest BCUT2D eigenvalue weighted by Crippen LogP contribution is 2.07. The molecule has 0 saturated carbocycles. The van der Waals surface area contributed by atoms with Gasteiger partial charge < -0.3 is 9.47 Å². The van der Waals surface area contributed by atoms with E-state index in [0.717, 1.165) is 5.75 Å². The van der Waals surface area contributed by atoms with Crippen molar-refractivity contribution in [3.05, 3.63) is 36.7 Å². The van der Waals surface area contributed by atoms with Gasteiger partial charge in [0.25, 0.3) is 0 Å². The zero-order valence-corrected chi connectivity index (χ0v) is 8.09. The predicted molar refractivity (Wildman–Crippen MR) is 53.8 cm³/mol. The smallest absolute Gasteiger partial charge is 0.312 e. The minimum atomic E-state index is 0.409. The van der Waals surface area contributed by atoms with Crippen molar-refractivity contribution in [1.29, 1.82) is 0 Å². The Morgan fingerprint density at radius 3 is 2.60 bits per heavy atom. The van der Waals surface area contributed by atoms with E-state index in [1.54, 1.807) is 0 Å². The van der Waals surface area contributed by atoms with Crippen LogP contribution in [-0.4, -0.2) is 28.4 Å². The van der Waals surface area contributed by atoms with E-state index in [2.05, 4.69) is 15.2 Å². The third-order valence-electron chi connectivity index (χ3n) is 1.73. The van der Waals surface area contributed by atoms with Gasteiger partial charge in [0, 0.05) is 0 Å². The number of ether oxygens (including phenoxy) is 2. The van der Waals surface area contributed by atoms with Crippen molar-refractivity contribution < 1.29 is 9.47 Å². The lowest BCUT2D eigenvalue weighted by atomic mass is 10.3. The molecule has 0 unspecified atom stereocenters. The molecule has 0 atom stereocenters. The molecule has 15 heavy (non-hydrogen) atoms. The summed E-state index contributed by atoms with van der Waals surface area (Å²) in [6.07, 6.45) is 1.40. The van der Waals surface area contributed by atoms with Crippen LogP contribution in [0.15, 0.2) is 36.7 Å². The number of H-pyrrole nitrogens is 1. The summed E-state index contributed by atoms with van der Waals surface area (Å²) in [5, 5.41) is 6.25. The van der Waals surface area contributed by atoms with Gasteiger partial charge in [-0.1, -0.05) is 18.2 Å². The van der Waals surface area contributed by atoms with Gasteiger partial charge in [-0.2, -0.15) is 10.1 Å². The van der Waals surface area contributed by atoms with E-state index in [4.69, 9.17) is 9.47 Å². The molecule has 0 saturated heterocycles. The Kier molecular flexibility index (Phi) is 3.17. The first kappa shape index (κ1) is 9.51. The van der Waals surface area contributed by atoms with Crippen molar-refractivity contribution in [3.8, 4) is 11.8 Å². The van der Waals surface area contributed by atoms with Crippen molar-refractivity contribution in [2.24, 2.45) is 0 Å². The van der Waals surface area contributed by atoms with Gasteiger partial charge in [-0.15, -0.1) is 0 Å². The van der Waals surface area contributed by atoms with Crippen molar-refractivity contribution >= 4 is 0 Å². The molecular formula is C10H11N3O2. The number of nitrogens with zero attached hydrogens (tertiary/aromatic N) is 2. The Balaban J connectivity index is 1.68. The van der Waals surface area contributed by atoms with E-state index >= 15 is 0 Å². The zero-order chi connectivity index (χ0) is 10.3. The van der Waals surface area contributed by atoms with Crippen LogP contribution in [0.4, 0.5) is 0 Å². The van der Waals surface area contributed by atoms with Gasteiger partial charge in [-0.25, -0.2) is 5.10 Å². The van der Waals surface area contributed by atoms with Crippen LogP contribution in [-0.2, 0) is 0 Å². The first-order chi connectivity index (χ1) is 7.45. The third-order valence-corrected chi connectivity index (χ3v) is 1.73. The monoisotopic (exact) mass is 205 g/mol. The molecule has 0 radical (unpaired) electrons. The number of aromatic amines is 1. The molecule has 0 aliphatic heterocycles. The molecule has 0 aliphatic carbocycles. The maximum atomic E-state index is 5.42. The second-order valence-corrected chi connectivity index (χ2v) is 2.80. The van der Waals surface area contributed by atoms with E-state index in [-0.39, 0.29) is 0 Å². The summed E-state index contributed by atoms with van der Waals surface area (Å²) in [7, 11) is 0. The van der Waals surface area contributed by atoms with E-state index in [0.29, 0.717) is 19.2 Å². The average molecular weight is 205 g/mol. The summed E-state index contributed by atoms with van der Waals surface area (Å²) in [5.41, 5.74) is 0. The van der Waals surface area contributed by atoms with E-state index in [1.807, 2.05) is 30.3 Å². The zero-order valence-electron chi connectivity index (χ0n) is 8.09. The average Bonchev–Trinajstić information content (AvgIpc) is 2.79. The highest BCUT2D eigenvalue weighted by atomic mass is 16.5.